The van der Waals surface area contributed by atoms with Crippen LogP contribution in [0.1, 0.15) is 52.5 Å². The average molecular weight is 861 g/mol. The first-order valence-electron chi connectivity index (χ1n) is 20.3. The first kappa shape index (κ1) is 50.5. The fourth-order valence-electron chi connectivity index (χ4n) is 5.63. The van der Waals surface area contributed by atoms with E-state index in [1.807, 2.05) is 0 Å². The lowest BCUT2D eigenvalue weighted by atomic mass is 9.96. The molecule has 3 N–H and O–H groups in total. The van der Waals surface area contributed by atoms with E-state index in [2.05, 4.69) is 5.32 Å². The number of nitrogens with one attached hydrogen (secondary N) is 1. The lowest BCUT2D eigenvalue weighted by Gasteiger charge is -2.23. The normalized spacial score (nSPS) is 14.9. The molecule has 19 heteroatoms. The quantitative estimate of drug-likeness (QED) is 0.0466. The van der Waals surface area contributed by atoms with E-state index in [-0.39, 0.29) is 152 Å². The van der Waals surface area contributed by atoms with Crippen LogP contribution in [0.2, 0.25) is 0 Å². The van der Waals surface area contributed by atoms with Crippen LogP contribution in [0.5, 0.6) is 5.75 Å². The molecule has 2 heterocycles. The molecule has 338 valence electrons. The summed E-state index contributed by atoms with van der Waals surface area (Å²) in [5, 5.41) is 2.80. The molecule has 1 aromatic carbocycles. The first-order valence-corrected chi connectivity index (χ1v) is 20.3. The zero-order chi connectivity index (χ0) is 44.6. The van der Waals surface area contributed by atoms with Gasteiger partial charge in [-0.05, 0) is 51.3 Å². The number of nitrogens with two attached hydrogens (primary N) is 1. The molecule has 1 aromatic rings. The summed E-state index contributed by atoms with van der Waals surface area (Å²) in [4.78, 5) is 86.6. The number of esters is 2. The van der Waals surface area contributed by atoms with Gasteiger partial charge in [-0.1, -0.05) is 13.0 Å². The number of benzene rings is 1. The van der Waals surface area contributed by atoms with Gasteiger partial charge in [-0.25, -0.2) is 0 Å². The van der Waals surface area contributed by atoms with Gasteiger partial charge in [0.05, 0.1) is 117 Å². The van der Waals surface area contributed by atoms with Gasteiger partial charge in [-0.2, -0.15) is 0 Å². The Hall–Kier alpha value is -4.89. The first-order chi connectivity index (χ1) is 29.1. The van der Waals surface area contributed by atoms with Crippen molar-refractivity contribution in [1.82, 2.24) is 9.80 Å². The molecule has 0 saturated heterocycles. The lowest BCUT2D eigenvalue weighted by molar-refractivity contribution is -0.159. The summed E-state index contributed by atoms with van der Waals surface area (Å²) in [6.07, 6.45) is 5.53. The Morgan fingerprint density at radius 1 is 0.656 bits per heavy atom. The van der Waals surface area contributed by atoms with Gasteiger partial charge in [0.15, 0.2) is 5.75 Å². The largest absolute Gasteiger partial charge is 0.460 e. The van der Waals surface area contributed by atoms with E-state index < -0.39 is 23.5 Å². The highest BCUT2D eigenvalue weighted by atomic mass is 16.6. The predicted octanol–water partition coefficient (Wildman–Crippen LogP) is 1.50. The maximum atomic E-state index is 13.0. The number of rotatable bonds is 31. The number of hydrogen-bond donors (Lipinski definition) is 2. The minimum Gasteiger partial charge on any atom is -0.460 e. The van der Waals surface area contributed by atoms with E-state index in [1.165, 1.54) is 24.3 Å². The van der Waals surface area contributed by atoms with Crippen molar-refractivity contribution in [2.75, 3.05) is 97.7 Å². The standard InChI is InChI=1S/C42H60N4O15/c1-30(41(53)61-42(2,3)4)27-32(43)28-31-5-6-34(60-40(52)12-16-55-20-24-59-26-22-57-18-14-46-38(50)9-10-39(46)51)33(29-31)44-35(47)11-15-54-19-23-58-25-21-56-17-13-45-36(48)7-8-37(45)49/h5-10,29-30,32H,11-28,43H2,1-4H3,(H,44,47)/t30?,32-/m1/s1. The second kappa shape index (κ2) is 27.1. The third kappa shape index (κ3) is 20.5. The van der Waals surface area contributed by atoms with Crippen LogP contribution in [0.3, 0.4) is 0 Å². The van der Waals surface area contributed by atoms with Gasteiger partial charge in [0.1, 0.15) is 5.60 Å². The van der Waals surface area contributed by atoms with Crippen molar-refractivity contribution in [1.29, 1.82) is 0 Å². The van der Waals surface area contributed by atoms with E-state index in [0.717, 1.165) is 15.4 Å². The highest BCUT2D eigenvalue weighted by molar-refractivity contribution is 6.13. The Morgan fingerprint density at radius 3 is 1.57 bits per heavy atom. The van der Waals surface area contributed by atoms with E-state index in [1.54, 1.807) is 45.9 Å². The van der Waals surface area contributed by atoms with Crippen molar-refractivity contribution < 1.29 is 71.5 Å². The molecule has 2 aliphatic heterocycles. The number of anilines is 1. The van der Waals surface area contributed by atoms with E-state index in [0.29, 0.717) is 12.8 Å². The predicted molar refractivity (Wildman–Crippen MR) is 218 cm³/mol. The zero-order valence-electron chi connectivity index (χ0n) is 35.5. The topological polar surface area (TPSA) is 238 Å². The van der Waals surface area contributed by atoms with Gasteiger partial charge in [-0.3, -0.25) is 43.4 Å². The van der Waals surface area contributed by atoms with Crippen LogP contribution < -0.4 is 15.8 Å². The molecule has 0 spiro atoms. The number of imide groups is 2. The molecular formula is C42H60N4O15. The zero-order valence-corrected chi connectivity index (χ0v) is 35.5. The third-order valence-corrected chi connectivity index (χ3v) is 8.64. The molecule has 0 fully saturated rings. The summed E-state index contributed by atoms with van der Waals surface area (Å²) in [6.45, 7) is 10.0. The van der Waals surface area contributed by atoms with Crippen LogP contribution >= 0.6 is 0 Å². The smallest absolute Gasteiger partial charge is 0.313 e. The molecule has 2 aliphatic rings. The molecule has 1 unspecified atom stereocenters. The summed E-state index contributed by atoms with van der Waals surface area (Å²) in [5.41, 5.74) is 6.80. The van der Waals surface area contributed by atoms with Crippen LogP contribution in [0, 0.1) is 5.92 Å². The van der Waals surface area contributed by atoms with Crippen molar-refractivity contribution in [3.05, 3.63) is 48.1 Å². The second-order valence-corrected chi connectivity index (χ2v) is 15.0. The van der Waals surface area contributed by atoms with Gasteiger partial charge < -0.3 is 48.9 Å². The second-order valence-electron chi connectivity index (χ2n) is 15.0. The Bertz CT molecular complexity index is 1660. The van der Waals surface area contributed by atoms with E-state index in [4.69, 9.17) is 43.6 Å². The van der Waals surface area contributed by atoms with Gasteiger partial charge >= 0.3 is 11.9 Å². The van der Waals surface area contributed by atoms with Crippen LogP contribution in [0.25, 0.3) is 0 Å². The van der Waals surface area contributed by atoms with Crippen molar-refractivity contribution in [2.24, 2.45) is 11.7 Å². The number of nitrogens with zero attached hydrogens (tertiary/aromatic N) is 2. The maximum Gasteiger partial charge on any atom is 0.313 e. The molecule has 5 amide bonds. The lowest BCUT2D eigenvalue weighted by Crippen LogP contribution is -2.33. The fourth-order valence-corrected chi connectivity index (χ4v) is 5.63. The highest BCUT2D eigenvalue weighted by Crippen LogP contribution is 2.28. The molecule has 0 radical (unpaired) electrons. The third-order valence-electron chi connectivity index (χ3n) is 8.64. The van der Waals surface area contributed by atoms with Crippen molar-refractivity contribution >= 4 is 47.2 Å². The minimum atomic E-state index is -0.621. The summed E-state index contributed by atoms with van der Waals surface area (Å²) >= 11 is 0. The molecule has 61 heavy (non-hydrogen) atoms. The van der Waals surface area contributed by atoms with Crippen LogP contribution in [-0.2, 0) is 73.1 Å². The highest BCUT2D eigenvalue weighted by Gasteiger charge is 2.25. The van der Waals surface area contributed by atoms with Gasteiger partial charge in [0.25, 0.3) is 23.6 Å². The monoisotopic (exact) mass is 860 g/mol. The van der Waals surface area contributed by atoms with Crippen molar-refractivity contribution in [3.8, 4) is 5.75 Å². The molecule has 3 rings (SSSR count). The molecule has 0 aliphatic carbocycles. The number of hydrogen-bond acceptors (Lipinski definition) is 16. The Morgan fingerprint density at radius 2 is 1.10 bits per heavy atom. The summed E-state index contributed by atoms with van der Waals surface area (Å²) in [6, 6.07) is 4.57. The number of amides is 5. The molecule has 0 aromatic heterocycles. The van der Waals surface area contributed by atoms with Crippen LogP contribution in [0.15, 0.2) is 42.5 Å². The average Bonchev–Trinajstić information content (AvgIpc) is 3.69. The van der Waals surface area contributed by atoms with Gasteiger partial charge in [0, 0.05) is 30.3 Å². The molecule has 19 nitrogen and oxygen atoms in total. The minimum absolute atomic E-state index is 0.00316. The Labute approximate surface area is 356 Å². The summed E-state index contributed by atoms with van der Waals surface area (Å²) in [7, 11) is 0. The van der Waals surface area contributed by atoms with Gasteiger partial charge in [-0.15, -0.1) is 0 Å². The van der Waals surface area contributed by atoms with Crippen LogP contribution in [0.4, 0.5) is 5.69 Å². The molecule has 0 bridgehead atoms. The molecule has 0 saturated carbocycles. The fraction of sp³-hybridized carbons (Fsp3) is 0.595. The van der Waals surface area contributed by atoms with E-state index in [9.17, 15) is 33.6 Å². The van der Waals surface area contributed by atoms with Crippen molar-refractivity contribution in [2.45, 2.75) is 65.0 Å². The van der Waals surface area contributed by atoms with Crippen LogP contribution in [-0.4, -0.2) is 155 Å². The summed E-state index contributed by atoms with van der Waals surface area (Å²) < 4.78 is 43.8. The molecular weight excluding hydrogens is 800 g/mol. The SMILES string of the molecule is CC(C[C@@H](N)Cc1ccc(OC(=O)CCOCCOCCOCCN2C(=O)C=CC2=O)c(NC(=O)CCOCCOCCOCCN2C(=O)C=CC2=O)c1)C(=O)OC(C)(C)C. The number of carbonyl (C=O) groups excluding carboxylic acids is 7. The Kier molecular flexibility index (Phi) is 22.5. The Balaban J connectivity index is 1.38. The molecule has 2 atom stereocenters. The van der Waals surface area contributed by atoms with Gasteiger partial charge in [0.2, 0.25) is 5.91 Å². The summed E-state index contributed by atoms with van der Waals surface area (Å²) in [5.74, 6) is -3.08. The van der Waals surface area contributed by atoms with E-state index >= 15 is 0 Å². The number of ether oxygens (including phenoxy) is 8. The number of carbonyl (C=O) groups is 7. The van der Waals surface area contributed by atoms with Crippen molar-refractivity contribution in [3.63, 3.8) is 0 Å². The maximum absolute atomic E-state index is 13.0.